The number of rotatable bonds is 8. The summed E-state index contributed by atoms with van der Waals surface area (Å²) in [4.78, 5) is 21.8. The second kappa shape index (κ2) is 10.4. The highest BCUT2D eigenvalue weighted by molar-refractivity contribution is 7.98. The number of benzene rings is 1. The Balaban J connectivity index is 1.08. The number of anilines is 1. The minimum absolute atomic E-state index is 0.133. The standard InChI is InChI=1S/C26H30N4O2S/c31-26(24-11-10-23(32-24)19-33-25-5-1-2-13-27-25)28-21-12-16-29(18-21)17-20-6-8-22(9-7-20)30-14-3-4-15-30/h1-2,5-11,13,21H,3-4,12,14-19H2,(H,28,31). The molecule has 1 atom stereocenters. The SMILES string of the molecule is O=C(NC1CCN(Cc2ccc(N3CCCC3)cc2)C1)c1ccc(CSc2ccccn2)o1. The quantitative estimate of drug-likeness (QED) is 0.495. The van der Waals surface area contributed by atoms with Crippen LogP contribution in [0.2, 0.25) is 0 Å². The molecule has 1 aromatic carbocycles. The van der Waals surface area contributed by atoms with E-state index in [-0.39, 0.29) is 11.9 Å². The van der Waals surface area contributed by atoms with E-state index in [2.05, 4.69) is 44.4 Å². The molecule has 0 aliphatic carbocycles. The van der Waals surface area contributed by atoms with Crippen LogP contribution < -0.4 is 10.2 Å². The van der Waals surface area contributed by atoms with E-state index in [0.29, 0.717) is 11.5 Å². The molecule has 33 heavy (non-hydrogen) atoms. The van der Waals surface area contributed by atoms with E-state index in [1.807, 2.05) is 24.3 Å². The summed E-state index contributed by atoms with van der Waals surface area (Å²) in [6.45, 7) is 5.12. The van der Waals surface area contributed by atoms with Gasteiger partial charge in [0, 0.05) is 50.6 Å². The molecule has 2 aromatic heterocycles. The normalized spacial score (nSPS) is 18.7. The van der Waals surface area contributed by atoms with Crippen molar-refractivity contribution in [3.63, 3.8) is 0 Å². The van der Waals surface area contributed by atoms with E-state index >= 15 is 0 Å². The molecule has 5 rings (SSSR count). The van der Waals surface area contributed by atoms with Crippen molar-refractivity contribution in [2.75, 3.05) is 31.1 Å². The number of carbonyl (C=O) groups excluding carboxylic acids is 1. The minimum Gasteiger partial charge on any atom is -0.455 e. The van der Waals surface area contributed by atoms with Gasteiger partial charge in [-0.2, -0.15) is 0 Å². The Kier molecular flexibility index (Phi) is 6.98. The molecular weight excluding hydrogens is 432 g/mol. The van der Waals surface area contributed by atoms with Gasteiger partial charge >= 0.3 is 0 Å². The summed E-state index contributed by atoms with van der Waals surface area (Å²) < 4.78 is 5.78. The van der Waals surface area contributed by atoms with Gasteiger partial charge in [-0.05, 0) is 61.2 Å². The summed E-state index contributed by atoms with van der Waals surface area (Å²) in [6.07, 6.45) is 5.33. The largest absolute Gasteiger partial charge is 0.455 e. The van der Waals surface area contributed by atoms with Gasteiger partial charge in [-0.15, -0.1) is 0 Å². The fraction of sp³-hybridized carbons (Fsp3) is 0.385. The van der Waals surface area contributed by atoms with E-state index in [0.717, 1.165) is 36.8 Å². The zero-order valence-corrected chi connectivity index (χ0v) is 19.6. The Morgan fingerprint density at radius 1 is 1.06 bits per heavy atom. The van der Waals surface area contributed by atoms with E-state index in [1.165, 1.54) is 37.2 Å². The van der Waals surface area contributed by atoms with E-state index in [1.54, 1.807) is 24.0 Å². The van der Waals surface area contributed by atoms with Gasteiger partial charge in [-0.3, -0.25) is 9.69 Å². The molecule has 0 radical (unpaired) electrons. The van der Waals surface area contributed by atoms with Gasteiger partial charge < -0.3 is 14.6 Å². The van der Waals surface area contributed by atoms with Crippen LogP contribution in [-0.4, -0.2) is 48.0 Å². The number of hydrogen-bond donors (Lipinski definition) is 1. The zero-order chi connectivity index (χ0) is 22.5. The minimum atomic E-state index is -0.133. The Labute approximate surface area is 199 Å². The van der Waals surface area contributed by atoms with Crippen molar-refractivity contribution in [2.24, 2.45) is 0 Å². The maximum Gasteiger partial charge on any atom is 0.287 e. The second-order valence-corrected chi connectivity index (χ2v) is 9.77. The third kappa shape index (κ3) is 5.78. The number of carbonyl (C=O) groups is 1. The average molecular weight is 463 g/mol. The fourth-order valence-corrected chi connectivity index (χ4v) is 5.31. The first-order valence-corrected chi connectivity index (χ1v) is 12.7. The molecular formula is C26H30N4O2S. The number of nitrogens with one attached hydrogen (secondary N) is 1. The van der Waals surface area contributed by atoms with Crippen molar-refractivity contribution >= 4 is 23.4 Å². The molecule has 0 saturated carbocycles. The lowest BCUT2D eigenvalue weighted by atomic mass is 10.2. The van der Waals surface area contributed by atoms with Crippen molar-refractivity contribution in [3.05, 3.63) is 77.9 Å². The molecule has 4 heterocycles. The smallest absolute Gasteiger partial charge is 0.287 e. The molecule has 7 heteroatoms. The monoisotopic (exact) mass is 462 g/mol. The third-order valence-electron chi connectivity index (χ3n) is 6.31. The van der Waals surface area contributed by atoms with Crippen molar-refractivity contribution < 1.29 is 9.21 Å². The van der Waals surface area contributed by atoms with Crippen LogP contribution in [-0.2, 0) is 12.3 Å². The molecule has 1 unspecified atom stereocenters. The summed E-state index contributed by atoms with van der Waals surface area (Å²) in [6, 6.07) is 18.6. The number of aromatic nitrogens is 1. The molecule has 1 N–H and O–H groups in total. The summed E-state index contributed by atoms with van der Waals surface area (Å²) >= 11 is 1.59. The number of thioether (sulfide) groups is 1. The van der Waals surface area contributed by atoms with Crippen LogP contribution in [0.3, 0.4) is 0 Å². The van der Waals surface area contributed by atoms with Crippen LogP contribution in [0.25, 0.3) is 0 Å². The highest BCUT2D eigenvalue weighted by Crippen LogP contribution is 2.23. The summed E-state index contributed by atoms with van der Waals surface area (Å²) in [5.74, 6) is 1.67. The van der Waals surface area contributed by atoms with Crippen molar-refractivity contribution in [3.8, 4) is 0 Å². The molecule has 2 aliphatic heterocycles. The molecule has 2 fully saturated rings. The van der Waals surface area contributed by atoms with Crippen molar-refractivity contribution in [2.45, 2.75) is 42.6 Å². The van der Waals surface area contributed by atoms with Gasteiger partial charge in [0.1, 0.15) is 5.76 Å². The first-order chi connectivity index (χ1) is 16.2. The lowest BCUT2D eigenvalue weighted by Crippen LogP contribution is -2.36. The highest BCUT2D eigenvalue weighted by atomic mass is 32.2. The van der Waals surface area contributed by atoms with Gasteiger partial charge in [0.15, 0.2) is 5.76 Å². The maximum atomic E-state index is 12.7. The number of amides is 1. The highest BCUT2D eigenvalue weighted by Gasteiger charge is 2.25. The van der Waals surface area contributed by atoms with Gasteiger partial charge in [-0.1, -0.05) is 30.0 Å². The van der Waals surface area contributed by atoms with Gasteiger partial charge in [0.25, 0.3) is 5.91 Å². The van der Waals surface area contributed by atoms with Gasteiger partial charge in [0.2, 0.25) is 0 Å². The number of pyridine rings is 1. The second-order valence-electron chi connectivity index (χ2n) is 8.78. The van der Waals surface area contributed by atoms with Crippen LogP contribution in [0.4, 0.5) is 5.69 Å². The van der Waals surface area contributed by atoms with Crippen LogP contribution in [0.1, 0.15) is 41.1 Å². The number of likely N-dealkylation sites (tertiary alicyclic amines) is 1. The first kappa shape index (κ1) is 22.0. The van der Waals surface area contributed by atoms with Crippen LogP contribution in [0.5, 0.6) is 0 Å². The summed E-state index contributed by atoms with van der Waals surface area (Å²) in [5.41, 5.74) is 2.66. The fourth-order valence-electron chi connectivity index (χ4n) is 4.55. The predicted molar refractivity (Wildman–Crippen MR) is 132 cm³/mol. The van der Waals surface area contributed by atoms with E-state index in [9.17, 15) is 4.79 Å². The number of furan rings is 1. The lowest BCUT2D eigenvalue weighted by molar-refractivity contribution is 0.0908. The number of hydrogen-bond acceptors (Lipinski definition) is 6. The third-order valence-corrected chi connectivity index (χ3v) is 7.27. The average Bonchev–Trinajstić information content (AvgIpc) is 3.62. The van der Waals surface area contributed by atoms with Gasteiger partial charge in [0.05, 0.1) is 10.8 Å². The molecule has 0 spiro atoms. The summed E-state index contributed by atoms with van der Waals surface area (Å²) in [7, 11) is 0. The Bertz CT molecular complexity index is 1050. The molecule has 0 bridgehead atoms. The lowest BCUT2D eigenvalue weighted by Gasteiger charge is -2.19. The molecule has 2 saturated heterocycles. The Morgan fingerprint density at radius 3 is 2.70 bits per heavy atom. The molecule has 3 aromatic rings. The molecule has 6 nitrogen and oxygen atoms in total. The van der Waals surface area contributed by atoms with Gasteiger partial charge in [-0.25, -0.2) is 4.98 Å². The predicted octanol–water partition coefficient (Wildman–Crippen LogP) is 4.57. The molecule has 1 amide bonds. The molecule has 2 aliphatic rings. The van der Waals surface area contributed by atoms with Crippen LogP contribution in [0, 0.1) is 0 Å². The summed E-state index contributed by atoms with van der Waals surface area (Å²) in [5, 5.41) is 4.09. The van der Waals surface area contributed by atoms with Crippen molar-refractivity contribution in [1.29, 1.82) is 0 Å². The Hall–Kier alpha value is -2.77. The topological polar surface area (TPSA) is 61.6 Å². The van der Waals surface area contributed by atoms with Crippen LogP contribution >= 0.6 is 11.8 Å². The van der Waals surface area contributed by atoms with Crippen LogP contribution in [0.15, 0.2) is 70.2 Å². The van der Waals surface area contributed by atoms with E-state index in [4.69, 9.17) is 4.42 Å². The zero-order valence-electron chi connectivity index (χ0n) is 18.8. The maximum absolute atomic E-state index is 12.7. The van der Waals surface area contributed by atoms with Crippen molar-refractivity contribution in [1.82, 2.24) is 15.2 Å². The van der Waals surface area contributed by atoms with E-state index < -0.39 is 0 Å². The molecule has 172 valence electrons. The first-order valence-electron chi connectivity index (χ1n) is 11.7. The Morgan fingerprint density at radius 2 is 1.91 bits per heavy atom. The number of nitrogens with zero attached hydrogens (tertiary/aromatic N) is 3.